The second-order valence-corrected chi connectivity index (χ2v) is 13.6. The lowest BCUT2D eigenvalue weighted by Gasteiger charge is -2.48. The van der Waals surface area contributed by atoms with Gasteiger partial charge in [0.25, 0.3) is 0 Å². The molecule has 3 aliphatic heterocycles. The number of esters is 1. The first-order valence-corrected chi connectivity index (χ1v) is 17.7. The standard InChI is InChI=1S/C36H48O21/c1-14-25(44)28(47)33(57-35-29(48)27(46)26(45)21(11-37)53-35)36(52-14)56-32-30(49)34(51-13-23(50-2)16-5-7-18(40)20(42)10-16)54-22(12-38)31(32)55-24(43)8-4-15-3-6-17(39)19(41)9-15/h3-10,14,21-23,25-42,44-49H,11-13H2,1-2H3/b8-4+/t14-,21+,22+,23+,25-,26-,27-,28+,29+,30+,31+,32+,33+,34+,35-,36-/m0/s1. The lowest BCUT2D eigenvalue weighted by Crippen LogP contribution is -2.66. The molecule has 16 atom stereocenters. The van der Waals surface area contributed by atoms with E-state index in [0.29, 0.717) is 5.56 Å². The highest BCUT2D eigenvalue weighted by atomic mass is 16.8. The molecule has 2 aromatic carbocycles. The first-order valence-electron chi connectivity index (χ1n) is 17.7. The van der Waals surface area contributed by atoms with Crippen molar-refractivity contribution in [1.29, 1.82) is 0 Å². The zero-order valence-corrected chi connectivity index (χ0v) is 30.5. The summed E-state index contributed by atoms with van der Waals surface area (Å²) in [6, 6.07) is 7.57. The predicted octanol–water partition coefficient (Wildman–Crippen LogP) is -3.05. The minimum Gasteiger partial charge on any atom is -0.504 e. The summed E-state index contributed by atoms with van der Waals surface area (Å²) in [6.07, 6.45) is -24.6. The van der Waals surface area contributed by atoms with Crippen molar-refractivity contribution in [3.8, 4) is 23.0 Å². The van der Waals surface area contributed by atoms with Crippen LogP contribution in [-0.4, -0.2) is 186 Å². The van der Waals surface area contributed by atoms with Crippen molar-refractivity contribution >= 4 is 12.0 Å². The molecule has 57 heavy (non-hydrogen) atoms. The Morgan fingerprint density at radius 3 is 1.95 bits per heavy atom. The van der Waals surface area contributed by atoms with Gasteiger partial charge in [-0.1, -0.05) is 12.1 Å². The maximum absolute atomic E-state index is 13.2. The van der Waals surface area contributed by atoms with Gasteiger partial charge in [0.15, 0.2) is 48.0 Å². The average Bonchev–Trinajstić information content (AvgIpc) is 3.19. The molecule has 0 spiro atoms. The molecule has 3 heterocycles. The van der Waals surface area contributed by atoms with Crippen LogP contribution in [0.15, 0.2) is 42.5 Å². The molecule has 0 saturated carbocycles. The number of hydrogen-bond acceptors (Lipinski definition) is 21. The highest BCUT2D eigenvalue weighted by molar-refractivity contribution is 5.87. The van der Waals surface area contributed by atoms with Crippen LogP contribution in [-0.2, 0) is 42.7 Å². The maximum Gasteiger partial charge on any atom is 0.331 e. The van der Waals surface area contributed by atoms with Gasteiger partial charge in [-0.25, -0.2) is 4.79 Å². The molecule has 12 N–H and O–H groups in total. The van der Waals surface area contributed by atoms with Crippen LogP contribution in [0.1, 0.15) is 24.2 Å². The van der Waals surface area contributed by atoms with Crippen molar-refractivity contribution in [3.63, 3.8) is 0 Å². The van der Waals surface area contributed by atoms with Gasteiger partial charge in [0, 0.05) is 13.2 Å². The zero-order valence-electron chi connectivity index (χ0n) is 30.5. The number of carbonyl (C=O) groups excluding carboxylic acids is 1. The molecule has 0 aromatic heterocycles. The van der Waals surface area contributed by atoms with E-state index in [1.807, 2.05) is 0 Å². The molecular weight excluding hydrogens is 768 g/mol. The van der Waals surface area contributed by atoms with Gasteiger partial charge in [0.1, 0.15) is 67.1 Å². The van der Waals surface area contributed by atoms with E-state index in [9.17, 15) is 66.1 Å². The quantitative estimate of drug-likeness (QED) is 0.0512. The normalized spacial score (nSPS) is 36.6. The monoisotopic (exact) mass is 816 g/mol. The molecule has 0 aliphatic carbocycles. The van der Waals surface area contributed by atoms with Gasteiger partial charge in [-0.2, -0.15) is 0 Å². The van der Waals surface area contributed by atoms with Gasteiger partial charge < -0.3 is 99.2 Å². The van der Waals surface area contributed by atoms with Crippen LogP contribution in [0, 0.1) is 0 Å². The van der Waals surface area contributed by atoms with Crippen LogP contribution < -0.4 is 0 Å². The molecule has 3 aliphatic rings. The summed E-state index contributed by atoms with van der Waals surface area (Å²) < 4.78 is 45.9. The van der Waals surface area contributed by atoms with Gasteiger partial charge in [0.2, 0.25) is 0 Å². The number of rotatable bonds is 14. The molecular formula is C36H48O21. The number of phenolic OH excluding ortho intramolecular Hbond substituents is 4. The van der Waals surface area contributed by atoms with Crippen LogP contribution in [0.5, 0.6) is 23.0 Å². The van der Waals surface area contributed by atoms with E-state index in [4.69, 9.17) is 37.9 Å². The molecule has 3 fully saturated rings. The van der Waals surface area contributed by atoms with Crippen LogP contribution >= 0.6 is 0 Å². The van der Waals surface area contributed by atoms with E-state index in [2.05, 4.69) is 0 Å². The topological polar surface area (TPSA) is 334 Å². The van der Waals surface area contributed by atoms with E-state index in [-0.39, 0.29) is 12.2 Å². The van der Waals surface area contributed by atoms with E-state index < -0.39 is 140 Å². The summed E-state index contributed by atoms with van der Waals surface area (Å²) in [5, 5.41) is 124. The van der Waals surface area contributed by atoms with Gasteiger partial charge in [-0.15, -0.1) is 0 Å². The van der Waals surface area contributed by atoms with Crippen LogP contribution in [0.2, 0.25) is 0 Å². The summed E-state index contributed by atoms with van der Waals surface area (Å²) in [4.78, 5) is 13.2. The van der Waals surface area contributed by atoms with Gasteiger partial charge in [-0.05, 0) is 48.4 Å². The Labute approximate surface area is 324 Å². The Morgan fingerprint density at radius 1 is 0.684 bits per heavy atom. The number of carbonyl (C=O) groups is 1. The Morgan fingerprint density at radius 2 is 1.32 bits per heavy atom. The van der Waals surface area contributed by atoms with E-state index in [0.717, 1.165) is 12.1 Å². The predicted molar refractivity (Wildman–Crippen MR) is 186 cm³/mol. The molecule has 0 amide bonds. The first kappa shape index (κ1) is 44.4. The number of hydrogen-bond donors (Lipinski definition) is 12. The molecule has 21 heteroatoms. The van der Waals surface area contributed by atoms with Crippen LogP contribution in [0.4, 0.5) is 0 Å². The molecule has 0 bridgehead atoms. The van der Waals surface area contributed by atoms with Crippen molar-refractivity contribution in [3.05, 3.63) is 53.6 Å². The number of phenols is 4. The molecule has 5 rings (SSSR count). The zero-order chi connectivity index (χ0) is 41.7. The van der Waals surface area contributed by atoms with Gasteiger partial charge in [0.05, 0.1) is 25.9 Å². The summed E-state index contributed by atoms with van der Waals surface area (Å²) in [5.74, 6) is -2.80. The van der Waals surface area contributed by atoms with Gasteiger partial charge in [-0.3, -0.25) is 0 Å². The second-order valence-electron chi connectivity index (χ2n) is 13.6. The van der Waals surface area contributed by atoms with Gasteiger partial charge >= 0.3 is 5.97 Å². The van der Waals surface area contributed by atoms with Crippen molar-refractivity contribution in [1.82, 2.24) is 0 Å². The smallest absolute Gasteiger partial charge is 0.331 e. The number of aliphatic hydroxyl groups is 8. The number of aromatic hydroxyl groups is 4. The second kappa shape index (κ2) is 19.3. The van der Waals surface area contributed by atoms with Crippen molar-refractivity contribution in [2.24, 2.45) is 0 Å². The third-order valence-corrected chi connectivity index (χ3v) is 9.74. The fourth-order valence-electron chi connectivity index (χ4n) is 6.43. The highest BCUT2D eigenvalue weighted by Crippen LogP contribution is 2.35. The molecule has 0 unspecified atom stereocenters. The Balaban J connectivity index is 1.44. The number of benzene rings is 2. The summed E-state index contributed by atoms with van der Waals surface area (Å²) in [6.45, 7) is -0.704. The first-order chi connectivity index (χ1) is 27.1. The fraction of sp³-hybridized carbons (Fsp3) is 0.583. The van der Waals surface area contributed by atoms with Crippen molar-refractivity contribution in [2.45, 2.75) is 105 Å². The third kappa shape index (κ3) is 10.1. The lowest BCUT2D eigenvalue weighted by atomic mass is 9.96. The molecule has 3 saturated heterocycles. The molecule has 2 aromatic rings. The lowest BCUT2D eigenvalue weighted by molar-refractivity contribution is -0.387. The highest BCUT2D eigenvalue weighted by Gasteiger charge is 2.54. The van der Waals surface area contributed by atoms with E-state index in [1.165, 1.54) is 50.4 Å². The van der Waals surface area contributed by atoms with Crippen molar-refractivity contribution in [2.75, 3.05) is 26.9 Å². The molecule has 318 valence electrons. The number of methoxy groups -OCH3 is 1. The number of aliphatic hydroxyl groups excluding tert-OH is 8. The van der Waals surface area contributed by atoms with E-state index >= 15 is 0 Å². The summed E-state index contributed by atoms with van der Waals surface area (Å²) in [5.41, 5.74) is 0.609. The minimum absolute atomic E-state index is 0.266. The van der Waals surface area contributed by atoms with Crippen LogP contribution in [0.25, 0.3) is 6.08 Å². The Hall–Kier alpha value is -3.75. The fourth-order valence-corrected chi connectivity index (χ4v) is 6.43. The van der Waals surface area contributed by atoms with Crippen LogP contribution in [0.3, 0.4) is 0 Å². The average molecular weight is 817 g/mol. The van der Waals surface area contributed by atoms with Crippen molar-refractivity contribution < 1.29 is 104 Å². The molecule has 21 nitrogen and oxygen atoms in total. The largest absolute Gasteiger partial charge is 0.504 e. The number of ether oxygens (including phenoxy) is 8. The summed E-state index contributed by atoms with van der Waals surface area (Å²) in [7, 11) is 1.32. The SMILES string of the molecule is CO[C@H](CO[C@@H]1O[C@H](CO)[C@@H](OC(=O)/C=C/c2ccc(O)c(O)c2)[C@H](O[C@@H]2O[C@@H](C)[C@H](O)[C@@H](O)[C@H]2O[C@@H]2O[C@H](CO)[C@H](O)[C@H](O)[C@H]2O)[C@H]1O)c1ccc(O)c(O)c1. The maximum atomic E-state index is 13.2. The van der Waals surface area contributed by atoms with E-state index in [1.54, 1.807) is 0 Å². The third-order valence-electron chi connectivity index (χ3n) is 9.74. The summed E-state index contributed by atoms with van der Waals surface area (Å²) >= 11 is 0. The Kier molecular flexibility index (Phi) is 15.0. The molecule has 0 radical (unpaired) electrons. The minimum atomic E-state index is -1.96. The Bertz CT molecular complexity index is 1660.